The van der Waals surface area contributed by atoms with Crippen LogP contribution in [0.4, 0.5) is 17.5 Å². The second-order valence-electron chi connectivity index (χ2n) is 8.69. The zero-order chi connectivity index (χ0) is 27.9. The second-order valence-corrected chi connectivity index (χ2v) is 10.7. The maximum absolute atomic E-state index is 13.4. The number of methoxy groups -OCH3 is 2. The van der Waals surface area contributed by atoms with E-state index in [2.05, 4.69) is 9.97 Å². The smallest absolute Gasteiger partial charge is 0.269 e. The highest BCUT2D eigenvalue weighted by Gasteiger charge is 2.39. The van der Waals surface area contributed by atoms with Crippen LogP contribution in [-0.4, -0.2) is 37.5 Å². The molecule has 39 heavy (non-hydrogen) atoms. The van der Waals surface area contributed by atoms with E-state index in [0.29, 0.717) is 28.7 Å². The van der Waals surface area contributed by atoms with Crippen molar-refractivity contribution in [1.29, 1.82) is 0 Å². The Morgan fingerprint density at radius 1 is 1.00 bits per heavy atom. The van der Waals surface area contributed by atoms with Crippen LogP contribution in [0, 0.1) is 10.1 Å². The van der Waals surface area contributed by atoms with E-state index in [1.807, 2.05) is 0 Å². The van der Waals surface area contributed by atoms with Crippen LogP contribution >= 0.6 is 0 Å². The van der Waals surface area contributed by atoms with Gasteiger partial charge in [-0.2, -0.15) is 4.98 Å². The first-order chi connectivity index (χ1) is 18.6. The van der Waals surface area contributed by atoms with Gasteiger partial charge in [0.1, 0.15) is 5.82 Å². The Morgan fingerprint density at radius 3 is 2.26 bits per heavy atom. The Kier molecular flexibility index (Phi) is 6.44. The van der Waals surface area contributed by atoms with Gasteiger partial charge in [0.25, 0.3) is 5.69 Å². The molecule has 3 heterocycles. The molecule has 0 amide bonds. The highest BCUT2D eigenvalue weighted by molar-refractivity contribution is 7.91. The third-order valence-corrected chi connectivity index (χ3v) is 8.16. The third kappa shape index (κ3) is 4.63. The number of fused-ring (bicyclic) bond motifs is 3. The van der Waals surface area contributed by atoms with Crippen LogP contribution in [0.5, 0.6) is 17.2 Å². The van der Waals surface area contributed by atoms with E-state index in [0.717, 1.165) is 5.56 Å². The van der Waals surface area contributed by atoms with Gasteiger partial charge in [0.05, 0.1) is 24.0 Å². The van der Waals surface area contributed by atoms with Gasteiger partial charge in [-0.1, -0.05) is 6.07 Å². The van der Waals surface area contributed by atoms with Gasteiger partial charge in [-0.3, -0.25) is 10.1 Å². The van der Waals surface area contributed by atoms with Crippen LogP contribution in [0.15, 0.2) is 65.7 Å². The highest BCUT2D eigenvalue weighted by atomic mass is 32.2. The molecule has 0 saturated heterocycles. The molecule has 1 unspecified atom stereocenters. The number of nitrogens with two attached hydrogens (primary N) is 2. The standard InChI is InChI=1S/C26H23N5O7S/c1-36-21-10-14(9-16-13-29-26(28)30-24(16)27)11-22(37-2)23(21)38-25-19-8-7-18(39(25,34)35)12-20(19)15-3-5-17(6-4-15)31(32)33/h3-8,10-13,25H,9H2,1-2H3,(H4,27,28,29,30). The lowest BCUT2D eigenvalue weighted by Gasteiger charge is -2.29. The fourth-order valence-corrected chi connectivity index (χ4v) is 5.95. The Morgan fingerprint density at radius 2 is 1.67 bits per heavy atom. The molecule has 3 aromatic carbocycles. The van der Waals surface area contributed by atoms with Crippen LogP contribution < -0.4 is 25.7 Å². The normalized spacial score (nSPS) is 15.1. The van der Waals surface area contributed by atoms with Gasteiger partial charge in [-0.15, -0.1) is 0 Å². The summed E-state index contributed by atoms with van der Waals surface area (Å²) in [5.74, 6) is 0.870. The molecule has 0 aliphatic carbocycles. The number of nitrogens with zero attached hydrogens (tertiary/aromatic N) is 3. The molecular formula is C26H23N5O7S. The van der Waals surface area contributed by atoms with Gasteiger partial charge < -0.3 is 25.7 Å². The van der Waals surface area contributed by atoms with Crippen LogP contribution in [0.1, 0.15) is 22.1 Å². The average molecular weight is 550 g/mol. The van der Waals surface area contributed by atoms with E-state index in [-0.39, 0.29) is 39.6 Å². The summed E-state index contributed by atoms with van der Waals surface area (Å²) in [6.07, 6.45) is 1.85. The van der Waals surface area contributed by atoms with Crippen LogP contribution in [-0.2, 0) is 16.3 Å². The number of ether oxygens (including phenoxy) is 3. The van der Waals surface area contributed by atoms with Crippen molar-refractivity contribution >= 4 is 27.3 Å². The number of non-ortho nitro benzene ring substituents is 1. The lowest BCUT2D eigenvalue weighted by atomic mass is 9.99. The van der Waals surface area contributed by atoms with Crippen molar-refractivity contribution in [1.82, 2.24) is 9.97 Å². The Hall–Kier alpha value is -4.91. The van der Waals surface area contributed by atoms with Gasteiger partial charge in [0.15, 0.2) is 11.5 Å². The summed E-state index contributed by atoms with van der Waals surface area (Å²) >= 11 is 0. The Bertz CT molecular complexity index is 1680. The van der Waals surface area contributed by atoms with E-state index in [1.54, 1.807) is 30.3 Å². The minimum atomic E-state index is -3.91. The zero-order valence-corrected chi connectivity index (χ0v) is 21.6. The van der Waals surface area contributed by atoms with Gasteiger partial charge in [0.2, 0.25) is 27.0 Å². The molecule has 0 saturated carbocycles. The first-order valence-electron chi connectivity index (χ1n) is 11.5. The molecule has 4 N–H and O–H groups in total. The number of rotatable bonds is 8. The number of anilines is 2. The number of benzene rings is 3. The summed E-state index contributed by atoms with van der Waals surface area (Å²) < 4.78 is 44.0. The van der Waals surface area contributed by atoms with Crippen molar-refractivity contribution in [3.05, 3.63) is 87.6 Å². The first-order valence-corrected chi connectivity index (χ1v) is 13.1. The highest BCUT2D eigenvalue weighted by Crippen LogP contribution is 2.48. The van der Waals surface area contributed by atoms with Crippen molar-refractivity contribution in [3.8, 4) is 28.4 Å². The minimum Gasteiger partial charge on any atom is -0.493 e. The molecule has 2 aliphatic heterocycles. The molecule has 6 rings (SSSR count). The average Bonchev–Trinajstić information content (AvgIpc) is 2.92. The number of aromatic nitrogens is 2. The Labute approximate surface area is 223 Å². The summed E-state index contributed by atoms with van der Waals surface area (Å²) in [6.45, 7) is 0. The van der Waals surface area contributed by atoms with Gasteiger partial charge in [-0.25, -0.2) is 13.4 Å². The maximum Gasteiger partial charge on any atom is 0.269 e. The van der Waals surface area contributed by atoms with Gasteiger partial charge in [0, 0.05) is 35.9 Å². The molecule has 4 aromatic rings. The topological polar surface area (TPSA) is 183 Å². The molecule has 0 fully saturated rings. The molecule has 200 valence electrons. The SMILES string of the molecule is COc1cc(Cc2cnc(N)nc2N)cc(OC)c1OC1c2ccc(cc2-c2ccc([N+](=O)[O-])cc2)S1(=O)=O. The van der Waals surface area contributed by atoms with Crippen LogP contribution in [0.3, 0.4) is 0 Å². The monoisotopic (exact) mass is 549 g/mol. The summed E-state index contributed by atoms with van der Waals surface area (Å²) in [4.78, 5) is 18.6. The van der Waals surface area contributed by atoms with Crippen molar-refractivity contribution < 1.29 is 27.6 Å². The molecule has 1 atom stereocenters. The number of sulfone groups is 1. The predicted octanol–water partition coefficient (Wildman–Crippen LogP) is 3.69. The van der Waals surface area contributed by atoms with Crippen molar-refractivity contribution in [3.63, 3.8) is 0 Å². The van der Waals surface area contributed by atoms with Crippen LogP contribution in [0.2, 0.25) is 0 Å². The second kappa shape index (κ2) is 9.76. The number of nitrogen functional groups attached to an aromatic ring is 2. The fourth-order valence-electron chi connectivity index (χ4n) is 4.40. The molecule has 1 aromatic heterocycles. The van der Waals surface area contributed by atoms with E-state index < -0.39 is 20.2 Å². The molecule has 2 bridgehead atoms. The minimum absolute atomic E-state index is 0.0595. The van der Waals surface area contributed by atoms with E-state index in [4.69, 9.17) is 25.7 Å². The summed E-state index contributed by atoms with van der Waals surface area (Å²) in [5, 5.41) is 11.1. The third-order valence-electron chi connectivity index (χ3n) is 6.33. The number of hydrogen-bond acceptors (Lipinski definition) is 11. The number of nitro benzene ring substituents is 1. The Balaban J connectivity index is 1.54. The van der Waals surface area contributed by atoms with Crippen LogP contribution in [0.25, 0.3) is 11.1 Å². The quantitative estimate of drug-likeness (QED) is 0.241. The molecule has 0 spiro atoms. The van der Waals surface area contributed by atoms with E-state index in [1.165, 1.54) is 44.7 Å². The lowest BCUT2D eigenvalue weighted by Crippen LogP contribution is -2.25. The van der Waals surface area contributed by atoms with Crippen molar-refractivity contribution in [2.45, 2.75) is 16.8 Å². The largest absolute Gasteiger partial charge is 0.493 e. The first kappa shape index (κ1) is 25.7. The number of nitro groups is 1. The molecule has 12 nitrogen and oxygen atoms in total. The molecule has 13 heteroatoms. The van der Waals surface area contributed by atoms with E-state index in [9.17, 15) is 18.5 Å². The molecule has 0 radical (unpaired) electrons. The van der Waals surface area contributed by atoms with Crippen molar-refractivity contribution in [2.24, 2.45) is 0 Å². The summed E-state index contributed by atoms with van der Waals surface area (Å²) in [7, 11) is -1.06. The fraction of sp³-hybridized carbons (Fsp3) is 0.154. The van der Waals surface area contributed by atoms with Gasteiger partial charge in [-0.05, 0) is 53.1 Å². The maximum atomic E-state index is 13.4. The van der Waals surface area contributed by atoms with E-state index >= 15 is 0 Å². The summed E-state index contributed by atoms with van der Waals surface area (Å²) in [5.41, 5.74) is 13.0. The predicted molar refractivity (Wildman–Crippen MR) is 142 cm³/mol. The number of hydrogen-bond donors (Lipinski definition) is 2. The van der Waals surface area contributed by atoms with Gasteiger partial charge >= 0.3 is 0 Å². The zero-order valence-electron chi connectivity index (χ0n) is 20.8. The molecular weight excluding hydrogens is 526 g/mol. The van der Waals surface area contributed by atoms with Crippen molar-refractivity contribution in [2.75, 3.05) is 25.7 Å². The summed E-state index contributed by atoms with van der Waals surface area (Å²) in [6, 6.07) is 13.9. The lowest BCUT2D eigenvalue weighted by molar-refractivity contribution is -0.384. The molecule has 2 aliphatic rings.